The molecule has 2 aromatic rings. The van der Waals surface area contributed by atoms with Crippen LogP contribution in [0.1, 0.15) is 40.4 Å². The molecule has 1 saturated carbocycles. The topological polar surface area (TPSA) is 67.2 Å². The van der Waals surface area contributed by atoms with Crippen molar-refractivity contribution in [1.82, 2.24) is 15.1 Å². The molecule has 1 aliphatic rings. The number of aliphatic hydroxyl groups is 1. The lowest BCUT2D eigenvalue weighted by molar-refractivity contribution is 0.0943. The van der Waals surface area contributed by atoms with Crippen molar-refractivity contribution in [3.8, 4) is 5.69 Å². The third-order valence-corrected chi connectivity index (χ3v) is 4.22. The van der Waals surface area contributed by atoms with Gasteiger partial charge in [-0.3, -0.25) is 4.79 Å². The van der Waals surface area contributed by atoms with Crippen LogP contribution in [0.25, 0.3) is 5.69 Å². The maximum atomic E-state index is 12.2. The fraction of sp³-hybridized carbons (Fsp3) is 0.375. The number of aromatic nitrogens is 2. The average Bonchev–Trinajstić information content (AvgIpc) is 3.26. The van der Waals surface area contributed by atoms with Crippen LogP contribution in [0.2, 0.25) is 5.02 Å². The first kappa shape index (κ1) is 15.1. The highest BCUT2D eigenvalue weighted by Crippen LogP contribution is 2.42. The predicted octanol–water partition coefficient (Wildman–Crippen LogP) is 2.43. The Bertz CT molecular complexity index is 707. The van der Waals surface area contributed by atoms with E-state index in [4.69, 9.17) is 16.7 Å². The summed E-state index contributed by atoms with van der Waals surface area (Å²) in [6.45, 7) is 2.11. The van der Waals surface area contributed by atoms with Gasteiger partial charge in [-0.15, -0.1) is 0 Å². The monoisotopic (exact) mass is 319 g/mol. The van der Waals surface area contributed by atoms with E-state index in [1.165, 1.54) is 0 Å². The molecule has 2 N–H and O–H groups in total. The van der Waals surface area contributed by atoms with Gasteiger partial charge in [-0.05, 0) is 37.5 Å². The third-order valence-electron chi connectivity index (χ3n) is 3.81. The molecule has 1 amide bonds. The minimum Gasteiger partial charge on any atom is -0.395 e. The molecule has 0 saturated heterocycles. The zero-order valence-electron chi connectivity index (χ0n) is 12.3. The largest absolute Gasteiger partial charge is 0.395 e. The van der Waals surface area contributed by atoms with Crippen LogP contribution in [0, 0.1) is 6.92 Å². The Labute approximate surface area is 133 Å². The lowest BCUT2D eigenvalue weighted by Crippen LogP contribution is -2.27. The lowest BCUT2D eigenvalue weighted by atomic mass is 10.1. The van der Waals surface area contributed by atoms with Crippen molar-refractivity contribution in [2.45, 2.75) is 25.7 Å². The number of hydrogen-bond donors (Lipinski definition) is 2. The maximum Gasteiger partial charge on any atom is 0.254 e. The summed E-state index contributed by atoms with van der Waals surface area (Å²) < 4.78 is 1.80. The highest BCUT2D eigenvalue weighted by atomic mass is 35.5. The molecule has 22 heavy (non-hydrogen) atoms. The molecule has 0 unspecified atom stereocenters. The normalized spacial score (nSPS) is 14.1. The molecule has 5 nitrogen and oxygen atoms in total. The SMILES string of the molecule is Cc1ccc(-n2ncc(C(=O)NCCO)c2C2CC2)cc1Cl. The van der Waals surface area contributed by atoms with Gasteiger partial charge in [0.2, 0.25) is 0 Å². The number of halogens is 1. The van der Waals surface area contributed by atoms with Crippen molar-refractivity contribution in [2.75, 3.05) is 13.2 Å². The van der Waals surface area contributed by atoms with Gasteiger partial charge in [-0.2, -0.15) is 5.10 Å². The molecule has 1 heterocycles. The molecular weight excluding hydrogens is 302 g/mol. The van der Waals surface area contributed by atoms with Crippen LogP contribution >= 0.6 is 11.6 Å². The standard InChI is InChI=1S/C16H18ClN3O2/c1-10-2-5-12(8-14(10)17)20-15(11-3-4-11)13(9-19-20)16(22)18-6-7-21/h2,5,8-9,11,21H,3-4,6-7H2,1H3,(H,18,22). The van der Waals surface area contributed by atoms with E-state index >= 15 is 0 Å². The van der Waals surface area contributed by atoms with Gasteiger partial charge >= 0.3 is 0 Å². The van der Waals surface area contributed by atoms with E-state index in [1.54, 1.807) is 10.9 Å². The molecule has 1 aliphatic carbocycles. The van der Waals surface area contributed by atoms with E-state index in [0.717, 1.165) is 29.8 Å². The smallest absolute Gasteiger partial charge is 0.254 e. The summed E-state index contributed by atoms with van der Waals surface area (Å²) >= 11 is 6.20. The summed E-state index contributed by atoms with van der Waals surface area (Å²) in [6, 6.07) is 5.77. The number of nitrogens with zero attached hydrogens (tertiary/aromatic N) is 2. The van der Waals surface area contributed by atoms with Gasteiger partial charge in [0.1, 0.15) is 0 Å². The van der Waals surface area contributed by atoms with Gasteiger partial charge in [-0.1, -0.05) is 17.7 Å². The van der Waals surface area contributed by atoms with Gasteiger partial charge in [0.15, 0.2) is 0 Å². The highest BCUT2D eigenvalue weighted by molar-refractivity contribution is 6.31. The Kier molecular flexibility index (Phi) is 4.18. The van der Waals surface area contributed by atoms with Crippen molar-refractivity contribution in [2.24, 2.45) is 0 Å². The highest BCUT2D eigenvalue weighted by Gasteiger charge is 2.32. The second kappa shape index (κ2) is 6.10. The van der Waals surface area contributed by atoms with Crippen molar-refractivity contribution in [3.05, 3.63) is 46.2 Å². The summed E-state index contributed by atoms with van der Waals surface area (Å²) in [7, 11) is 0. The number of benzene rings is 1. The van der Waals surface area contributed by atoms with E-state index in [-0.39, 0.29) is 19.1 Å². The fourth-order valence-electron chi connectivity index (χ4n) is 2.47. The zero-order valence-corrected chi connectivity index (χ0v) is 13.1. The summed E-state index contributed by atoms with van der Waals surface area (Å²) in [5.74, 6) is 0.165. The second-order valence-corrected chi connectivity index (χ2v) is 5.95. The number of hydrogen-bond acceptors (Lipinski definition) is 3. The third kappa shape index (κ3) is 2.87. The first-order valence-corrected chi connectivity index (χ1v) is 7.73. The Morgan fingerprint density at radius 3 is 2.91 bits per heavy atom. The van der Waals surface area contributed by atoms with E-state index in [1.807, 2.05) is 25.1 Å². The van der Waals surface area contributed by atoms with Gasteiger partial charge in [0, 0.05) is 17.5 Å². The lowest BCUT2D eigenvalue weighted by Gasteiger charge is -2.10. The number of amides is 1. The average molecular weight is 320 g/mol. The van der Waals surface area contributed by atoms with Gasteiger partial charge in [0.05, 0.1) is 29.7 Å². The number of rotatable bonds is 5. The molecule has 1 aromatic carbocycles. The second-order valence-electron chi connectivity index (χ2n) is 5.54. The van der Waals surface area contributed by atoms with Crippen molar-refractivity contribution in [3.63, 3.8) is 0 Å². The summed E-state index contributed by atoms with van der Waals surface area (Å²) in [6.07, 6.45) is 3.71. The van der Waals surface area contributed by atoms with E-state index < -0.39 is 0 Å². The Hall–Kier alpha value is -1.85. The Morgan fingerprint density at radius 1 is 1.50 bits per heavy atom. The number of aryl methyl sites for hydroxylation is 1. The molecule has 116 valence electrons. The maximum absolute atomic E-state index is 12.2. The van der Waals surface area contributed by atoms with Crippen LogP contribution in [0.3, 0.4) is 0 Å². The van der Waals surface area contributed by atoms with Crippen molar-refractivity contribution in [1.29, 1.82) is 0 Å². The molecule has 0 spiro atoms. The van der Waals surface area contributed by atoms with Crippen LogP contribution in [-0.2, 0) is 0 Å². The predicted molar refractivity (Wildman–Crippen MR) is 84.7 cm³/mol. The molecule has 0 bridgehead atoms. The Balaban J connectivity index is 1.99. The molecule has 0 atom stereocenters. The zero-order chi connectivity index (χ0) is 15.7. The van der Waals surface area contributed by atoms with E-state index in [9.17, 15) is 4.79 Å². The van der Waals surface area contributed by atoms with E-state index in [2.05, 4.69) is 10.4 Å². The summed E-state index contributed by atoms with van der Waals surface area (Å²) in [5, 5.41) is 16.6. The molecule has 1 aromatic heterocycles. The van der Waals surface area contributed by atoms with Crippen molar-refractivity contribution < 1.29 is 9.90 Å². The number of carbonyl (C=O) groups excluding carboxylic acids is 1. The minimum absolute atomic E-state index is 0.0772. The van der Waals surface area contributed by atoms with Crippen LogP contribution < -0.4 is 5.32 Å². The van der Waals surface area contributed by atoms with Crippen LogP contribution in [0.4, 0.5) is 0 Å². The Morgan fingerprint density at radius 2 is 2.27 bits per heavy atom. The summed E-state index contributed by atoms with van der Waals surface area (Å²) in [5.41, 5.74) is 3.37. The number of nitrogens with one attached hydrogen (secondary N) is 1. The molecule has 0 aliphatic heterocycles. The van der Waals surface area contributed by atoms with Gasteiger partial charge in [0.25, 0.3) is 5.91 Å². The van der Waals surface area contributed by atoms with Crippen LogP contribution in [-0.4, -0.2) is 33.9 Å². The number of carbonyl (C=O) groups is 1. The van der Waals surface area contributed by atoms with Crippen LogP contribution in [0.5, 0.6) is 0 Å². The minimum atomic E-state index is -0.194. The molecule has 0 radical (unpaired) electrons. The molecular formula is C16H18ClN3O2. The number of aliphatic hydroxyl groups excluding tert-OH is 1. The van der Waals surface area contributed by atoms with Crippen molar-refractivity contribution >= 4 is 17.5 Å². The molecule has 6 heteroatoms. The van der Waals surface area contributed by atoms with Gasteiger partial charge < -0.3 is 10.4 Å². The first-order valence-electron chi connectivity index (χ1n) is 7.35. The first-order chi connectivity index (χ1) is 10.6. The summed E-state index contributed by atoms with van der Waals surface area (Å²) in [4.78, 5) is 12.2. The van der Waals surface area contributed by atoms with Crippen LogP contribution in [0.15, 0.2) is 24.4 Å². The molecule has 3 rings (SSSR count). The fourth-order valence-corrected chi connectivity index (χ4v) is 2.64. The molecule has 1 fully saturated rings. The van der Waals surface area contributed by atoms with E-state index in [0.29, 0.717) is 16.5 Å². The quantitative estimate of drug-likeness (QED) is 0.889. The van der Waals surface area contributed by atoms with Gasteiger partial charge in [-0.25, -0.2) is 4.68 Å².